The third-order valence-corrected chi connectivity index (χ3v) is 6.63. The molecule has 8 nitrogen and oxygen atoms in total. The number of imidazole rings is 1. The molecule has 8 heteroatoms. The summed E-state index contributed by atoms with van der Waals surface area (Å²) in [6, 6.07) is 5.97. The molecule has 1 unspecified atom stereocenters. The van der Waals surface area contributed by atoms with Crippen LogP contribution >= 0.6 is 0 Å². The van der Waals surface area contributed by atoms with Crippen molar-refractivity contribution in [3.8, 4) is 5.75 Å². The van der Waals surface area contributed by atoms with E-state index in [0.717, 1.165) is 42.3 Å². The Morgan fingerprint density at radius 3 is 2.75 bits per heavy atom. The van der Waals surface area contributed by atoms with Crippen LogP contribution < -0.4 is 4.74 Å². The van der Waals surface area contributed by atoms with Crippen molar-refractivity contribution >= 4 is 11.8 Å². The van der Waals surface area contributed by atoms with Crippen molar-refractivity contribution < 1.29 is 19.1 Å². The second-order valence-corrected chi connectivity index (χ2v) is 8.79. The van der Waals surface area contributed by atoms with Crippen molar-refractivity contribution in [1.29, 1.82) is 0 Å². The molecule has 0 saturated carbocycles. The number of hydrogen-bond donors (Lipinski definition) is 0. The minimum atomic E-state index is -0.121. The van der Waals surface area contributed by atoms with Crippen molar-refractivity contribution in [3.63, 3.8) is 0 Å². The summed E-state index contributed by atoms with van der Waals surface area (Å²) in [5.41, 5.74) is 2.99. The van der Waals surface area contributed by atoms with E-state index in [4.69, 9.17) is 14.5 Å². The van der Waals surface area contributed by atoms with Crippen molar-refractivity contribution in [1.82, 2.24) is 19.4 Å². The molecule has 5 rings (SSSR count). The highest BCUT2D eigenvalue weighted by atomic mass is 16.5. The van der Waals surface area contributed by atoms with Gasteiger partial charge in [-0.3, -0.25) is 9.59 Å². The van der Waals surface area contributed by atoms with Gasteiger partial charge in [-0.25, -0.2) is 4.98 Å². The van der Waals surface area contributed by atoms with Gasteiger partial charge in [-0.1, -0.05) is 12.1 Å². The van der Waals surface area contributed by atoms with E-state index in [-0.39, 0.29) is 24.3 Å². The maximum absolute atomic E-state index is 13.1. The number of aryl methyl sites for hydroxylation is 1. The molecule has 3 aliphatic heterocycles. The summed E-state index contributed by atoms with van der Waals surface area (Å²) in [6.07, 6.45) is 4.65. The lowest BCUT2D eigenvalue weighted by atomic mass is 10.0. The summed E-state index contributed by atoms with van der Waals surface area (Å²) in [6.45, 7) is 6.59. The minimum Gasteiger partial charge on any atom is -0.493 e. The van der Waals surface area contributed by atoms with Gasteiger partial charge in [0.15, 0.2) is 0 Å². The molecular weight excluding hydrogens is 408 g/mol. The van der Waals surface area contributed by atoms with E-state index < -0.39 is 0 Å². The third-order valence-electron chi connectivity index (χ3n) is 6.63. The van der Waals surface area contributed by atoms with Gasteiger partial charge in [-0.2, -0.15) is 0 Å². The van der Waals surface area contributed by atoms with Crippen LogP contribution in [-0.4, -0.2) is 70.6 Å². The van der Waals surface area contributed by atoms with Crippen LogP contribution in [0.15, 0.2) is 24.4 Å². The van der Waals surface area contributed by atoms with E-state index in [9.17, 15) is 9.59 Å². The van der Waals surface area contributed by atoms with Gasteiger partial charge >= 0.3 is 0 Å². The van der Waals surface area contributed by atoms with Gasteiger partial charge in [0.2, 0.25) is 11.8 Å². The summed E-state index contributed by atoms with van der Waals surface area (Å²) in [5, 5.41) is 0. The number of amides is 2. The second kappa shape index (κ2) is 8.94. The normalized spacial score (nSPS) is 20.3. The molecule has 170 valence electrons. The number of aromatic nitrogens is 2. The Morgan fingerprint density at radius 2 is 1.91 bits per heavy atom. The van der Waals surface area contributed by atoms with Gasteiger partial charge in [0.05, 0.1) is 44.4 Å². The Morgan fingerprint density at radius 1 is 1.06 bits per heavy atom. The maximum Gasteiger partial charge on any atom is 0.228 e. The van der Waals surface area contributed by atoms with Gasteiger partial charge in [-0.15, -0.1) is 0 Å². The Bertz CT molecular complexity index is 1010. The number of nitrogens with zero attached hydrogens (tertiary/aromatic N) is 4. The number of fused-ring (bicyclic) bond motifs is 2. The van der Waals surface area contributed by atoms with Gasteiger partial charge in [-0.05, 0) is 37.0 Å². The zero-order valence-electron chi connectivity index (χ0n) is 18.6. The van der Waals surface area contributed by atoms with Gasteiger partial charge in [0.1, 0.15) is 11.6 Å². The fourth-order valence-electron chi connectivity index (χ4n) is 4.85. The lowest BCUT2D eigenvalue weighted by Crippen LogP contribution is -2.41. The van der Waals surface area contributed by atoms with Crippen LogP contribution in [0.4, 0.5) is 0 Å². The van der Waals surface area contributed by atoms with E-state index in [1.807, 2.05) is 35.1 Å². The summed E-state index contributed by atoms with van der Waals surface area (Å²) < 4.78 is 13.1. The number of morpholine rings is 1. The molecule has 1 atom stereocenters. The Hall–Kier alpha value is -2.87. The van der Waals surface area contributed by atoms with Crippen LogP contribution in [0.5, 0.6) is 5.75 Å². The van der Waals surface area contributed by atoms with E-state index >= 15 is 0 Å². The van der Waals surface area contributed by atoms with Crippen LogP contribution in [0.3, 0.4) is 0 Å². The van der Waals surface area contributed by atoms with Gasteiger partial charge < -0.3 is 23.8 Å². The topological polar surface area (TPSA) is 76.9 Å². The Kier molecular flexibility index (Phi) is 5.87. The highest BCUT2D eigenvalue weighted by Crippen LogP contribution is 2.28. The Labute approximate surface area is 188 Å². The smallest absolute Gasteiger partial charge is 0.228 e. The van der Waals surface area contributed by atoms with Crippen molar-refractivity contribution in [2.45, 2.75) is 45.2 Å². The Balaban J connectivity index is 1.24. The lowest BCUT2D eigenvalue weighted by molar-refractivity contribution is -0.135. The average Bonchev–Trinajstić information content (AvgIpc) is 3.23. The molecule has 2 amide bonds. The number of benzene rings is 1. The zero-order chi connectivity index (χ0) is 22.1. The standard InChI is InChI=1S/C24H30N4O4/c1-17-24-25-20(15-22(29)26-8-11-31-12-9-26)16-27(24)6-7-28(17)23(30)14-18-4-5-21-19(13-18)3-2-10-32-21/h4-5,13,16-17H,2-3,6-12,14-15H2,1H3. The van der Waals surface area contributed by atoms with Crippen molar-refractivity contribution in [3.05, 3.63) is 47.0 Å². The maximum atomic E-state index is 13.1. The molecule has 2 aromatic rings. The van der Waals surface area contributed by atoms with Crippen molar-refractivity contribution in [2.75, 3.05) is 39.5 Å². The molecule has 1 aromatic heterocycles. The molecular formula is C24H30N4O4. The predicted molar refractivity (Wildman–Crippen MR) is 117 cm³/mol. The van der Waals surface area contributed by atoms with Gasteiger partial charge in [0.25, 0.3) is 0 Å². The number of hydrogen-bond acceptors (Lipinski definition) is 5. The first-order valence-electron chi connectivity index (χ1n) is 11.5. The number of ether oxygens (including phenoxy) is 2. The highest BCUT2D eigenvalue weighted by Gasteiger charge is 2.30. The first-order valence-corrected chi connectivity index (χ1v) is 11.5. The number of rotatable bonds is 4. The summed E-state index contributed by atoms with van der Waals surface area (Å²) in [7, 11) is 0. The SMILES string of the molecule is CC1c2nc(CC(=O)N3CCOCC3)cn2CCN1C(=O)Cc1ccc2c(c1)CCCO2. The number of carbonyl (C=O) groups excluding carboxylic acids is 2. The fraction of sp³-hybridized carbons (Fsp3) is 0.542. The molecule has 3 aliphatic rings. The molecule has 1 aromatic carbocycles. The third kappa shape index (κ3) is 4.24. The van der Waals surface area contributed by atoms with Crippen LogP contribution in [0, 0.1) is 0 Å². The molecule has 0 aliphatic carbocycles. The minimum absolute atomic E-state index is 0.0840. The highest BCUT2D eigenvalue weighted by molar-refractivity contribution is 5.80. The fourth-order valence-corrected chi connectivity index (χ4v) is 4.85. The molecule has 1 saturated heterocycles. The van der Waals surface area contributed by atoms with E-state index in [0.29, 0.717) is 45.8 Å². The molecule has 0 spiro atoms. The quantitative estimate of drug-likeness (QED) is 0.727. The average molecular weight is 439 g/mol. The monoisotopic (exact) mass is 438 g/mol. The summed E-state index contributed by atoms with van der Waals surface area (Å²) in [4.78, 5) is 34.2. The zero-order valence-corrected chi connectivity index (χ0v) is 18.6. The molecule has 0 bridgehead atoms. The summed E-state index contributed by atoms with van der Waals surface area (Å²) >= 11 is 0. The van der Waals surface area contributed by atoms with Crippen molar-refractivity contribution in [2.24, 2.45) is 0 Å². The molecule has 32 heavy (non-hydrogen) atoms. The van der Waals surface area contributed by atoms with Crippen LogP contribution in [-0.2, 0) is 40.1 Å². The van der Waals surface area contributed by atoms with E-state index in [2.05, 4.69) is 10.6 Å². The first-order chi connectivity index (χ1) is 15.6. The molecule has 4 heterocycles. The predicted octanol–water partition coefficient (Wildman–Crippen LogP) is 1.76. The summed E-state index contributed by atoms with van der Waals surface area (Å²) in [5.74, 6) is 1.99. The molecule has 1 fully saturated rings. The first kappa shape index (κ1) is 21.0. The molecule has 0 N–H and O–H groups in total. The van der Waals surface area contributed by atoms with Gasteiger partial charge in [0, 0.05) is 32.4 Å². The largest absolute Gasteiger partial charge is 0.493 e. The van der Waals surface area contributed by atoms with Crippen LogP contribution in [0.25, 0.3) is 0 Å². The van der Waals surface area contributed by atoms with E-state index in [1.54, 1.807) is 0 Å². The lowest BCUT2D eigenvalue weighted by Gasteiger charge is -2.34. The molecule has 0 radical (unpaired) electrons. The number of carbonyl (C=O) groups is 2. The van der Waals surface area contributed by atoms with Crippen LogP contribution in [0.1, 0.15) is 42.0 Å². The second-order valence-electron chi connectivity index (χ2n) is 8.79. The van der Waals surface area contributed by atoms with E-state index in [1.165, 1.54) is 5.56 Å². The van der Waals surface area contributed by atoms with Crippen LogP contribution in [0.2, 0.25) is 0 Å².